The van der Waals surface area contributed by atoms with Gasteiger partial charge in [-0.2, -0.15) is 0 Å². The number of anilines is 1. The van der Waals surface area contributed by atoms with E-state index in [2.05, 4.69) is 13.2 Å². The smallest absolute Gasteiger partial charge is 0.253 e. The number of carbonyl (C=O) groups is 3. The van der Waals surface area contributed by atoms with Crippen molar-refractivity contribution in [2.45, 2.75) is 56.3 Å². The standard InChI is InChI=1S/C29H38ClN3O5/c1-5-16-31(4)25(35)22-23-26(36)33(18-8-7-9-19-34)24(29(23)15-14-28(22,3)38-29)27(37)32(17-6-2)21-12-10-20(30)11-13-21/h5-6,10-13,22-24,34H,1-2,7-9,14-19H2,3-4H3/t22-,23+,24?,28+,29?/m1/s1. The lowest BCUT2D eigenvalue weighted by molar-refractivity contribution is -0.149. The Kier molecular flexibility index (Phi) is 8.35. The number of hydrogen-bond donors (Lipinski definition) is 1. The number of unbranched alkanes of at least 4 members (excludes halogenated alkanes) is 2. The largest absolute Gasteiger partial charge is 0.396 e. The van der Waals surface area contributed by atoms with Crippen LogP contribution in [0.5, 0.6) is 0 Å². The number of ether oxygens (including phenoxy) is 1. The van der Waals surface area contributed by atoms with Gasteiger partial charge in [0.15, 0.2) is 0 Å². The first kappa shape index (κ1) is 28.3. The molecule has 3 fully saturated rings. The van der Waals surface area contributed by atoms with Crippen LogP contribution in [0.1, 0.15) is 39.0 Å². The summed E-state index contributed by atoms with van der Waals surface area (Å²) in [6, 6.07) is 6.10. The van der Waals surface area contributed by atoms with Crippen molar-refractivity contribution in [1.82, 2.24) is 9.80 Å². The Hall–Kier alpha value is -2.68. The Balaban J connectivity index is 1.76. The number of amides is 3. The Morgan fingerprint density at radius 1 is 1.13 bits per heavy atom. The molecular weight excluding hydrogens is 506 g/mol. The fourth-order valence-corrected chi connectivity index (χ4v) is 6.76. The van der Waals surface area contributed by atoms with E-state index in [-0.39, 0.29) is 30.9 Å². The summed E-state index contributed by atoms with van der Waals surface area (Å²) in [7, 11) is 1.70. The van der Waals surface area contributed by atoms with Gasteiger partial charge in [-0.15, -0.1) is 13.2 Å². The summed E-state index contributed by atoms with van der Waals surface area (Å²) in [5, 5.41) is 9.79. The normalized spacial score (nSPS) is 29.3. The van der Waals surface area contributed by atoms with E-state index in [0.29, 0.717) is 49.5 Å². The maximum atomic E-state index is 14.4. The second kappa shape index (κ2) is 11.2. The molecule has 1 aromatic rings. The van der Waals surface area contributed by atoms with Crippen LogP contribution < -0.4 is 4.90 Å². The molecule has 3 aliphatic heterocycles. The van der Waals surface area contributed by atoms with Crippen molar-refractivity contribution in [1.29, 1.82) is 0 Å². The van der Waals surface area contributed by atoms with Crippen molar-refractivity contribution >= 4 is 35.0 Å². The Bertz CT molecular complexity index is 1090. The number of nitrogens with zero attached hydrogens (tertiary/aromatic N) is 3. The molecule has 0 radical (unpaired) electrons. The highest BCUT2D eigenvalue weighted by atomic mass is 35.5. The number of aliphatic hydroxyl groups is 1. The van der Waals surface area contributed by atoms with E-state index in [0.717, 1.165) is 6.42 Å². The molecule has 8 nitrogen and oxygen atoms in total. The SMILES string of the molecule is C=CCN(C)C(=O)[C@H]1[C@H]2C(=O)N(CCCCCO)C(C(=O)N(CC=C)c3ccc(Cl)cc3)C23CC[C@]1(C)O3. The molecule has 2 unspecified atom stereocenters. The molecule has 2 bridgehead atoms. The van der Waals surface area contributed by atoms with E-state index in [4.69, 9.17) is 16.3 Å². The third-order valence-electron chi connectivity index (χ3n) is 8.33. The van der Waals surface area contributed by atoms with Crippen molar-refractivity contribution in [2.24, 2.45) is 11.8 Å². The van der Waals surface area contributed by atoms with Crippen molar-refractivity contribution in [3.63, 3.8) is 0 Å². The first-order chi connectivity index (χ1) is 18.1. The molecule has 4 rings (SSSR count). The monoisotopic (exact) mass is 543 g/mol. The predicted octanol–water partition coefficient (Wildman–Crippen LogP) is 3.43. The van der Waals surface area contributed by atoms with Crippen molar-refractivity contribution < 1.29 is 24.2 Å². The number of rotatable bonds is 12. The lowest BCUT2D eigenvalue weighted by atomic mass is 9.66. The molecule has 3 saturated heterocycles. The van der Waals surface area contributed by atoms with Crippen LogP contribution >= 0.6 is 11.6 Å². The van der Waals surface area contributed by atoms with Crippen LogP contribution in [0.15, 0.2) is 49.6 Å². The van der Waals surface area contributed by atoms with Crippen LogP contribution in [0.3, 0.4) is 0 Å². The quantitative estimate of drug-likeness (QED) is 0.322. The maximum absolute atomic E-state index is 14.4. The highest BCUT2D eigenvalue weighted by molar-refractivity contribution is 6.30. The van der Waals surface area contributed by atoms with Crippen LogP contribution in [0.25, 0.3) is 0 Å². The lowest BCUT2D eigenvalue weighted by Gasteiger charge is -2.37. The molecule has 0 aromatic heterocycles. The Labute approximate surface area is 229 Å². The molecule has 206 valence electrons. The summed E-state index contributed by atoms with van der Waals surface area (Å²) in [4.78, 5) is 47.1. The molecule has 0 aliphatic carbocycles. The molecule has 5 atom stereocenters. The minimum absolute atomic E-state index is 0.0697. The zero-order valence-electron chi connectivity index (χ0n) is 22.3. The van der Waals surface area contributed by atoms with Gasteiger partial charge in [-0.05, 0) is 63.3 Å². The third kappa shape index (κ3) is 4.67. The average molecular weight is 544 g/mol. The van der Waals surface area contributed by atoms with Gasteiger partial charge in [-0.3, -0.25) is 14.4 Å². The molecule has 3 amide bonds. The van der Waals surface area contributed by atoms with Gasteiger partial charge in [0.1, 0.15) is 11.6 Å². The van der Waals surface area contributed by atoms with Crippen LogP contribution in [-0.4, -0.2) is 83.2 Å². The summed E-state index contributed by atoms with van der Waals surface area (Å²) in [5.74, 6) is -2.07. The first-order valence-electron chi connectivity index (χ1n) is 13.3. The van der Waals surface area contributed by atoms with Crippen LogP contribution in [0, 0.1) is 11.8 Å². The predicted molar refractivity (Wildman–Crippen MR) is 147 cm³/mol. The summed E-state index contributed by atoms with van der Waals surface area (Å²) >= 11 is 6.10. The van der Waals surface area contributed by atoms with E-state index in [1.54, 1.807) is 58.2 Å². The molecule has 0 saturated carbocycles. The second-order valence-electron chi connectivity index (χ2n) is 10.8. The molecule has 38 heavy (non-hydrogen) atoms. The van der Waals surface area contributed by atoms with E-state index < -0.39 is 29.1 Å². The molecular formula is C29H38ClN3O5. The zero-order chi connectivity index (χ0) is 27.7. The van der Waals surface area contributed by atoms with E-state index >= 15 is 0 Å². The van der Waals surface area contributed by atoms with E-state index in [1.165, 1.54) is 0 Å². The highest BCUT2D eigenvalue weighted by Crippen LogP contribution is 2.63. The van der Waals surface area contributed by atoms with Gasteiger partial charge >= 0.3 is 0 Å². The number of aliphatic hydroxyl groups excluding tert-OH is 1. The molecule has 3 heterocycles. The number of fused-ring (bicyclic) bond motifs is 1. The third-order valence-corrected chi connectivity index (χ3v) is 8.58. The number of halogens is 1. The molecule has 3 aliphatic rings. The van der Waals surface area contributed by atoms with Gasteiger partial charge in [-0.25, -0.2) is 0 Å². The molecule has 1 spiro atoms. The number of benzene rings is 1. The fourth-order valence-electron chi connectivity index (χ4n) is 6.63. The molecule has 1 N–H and O–H groups in total. The number of carbonyl (C=O) groups excluding carboxylic acids is 3. The van der Waals surface area contributed by atoms with Gasteiger partial charge in [0.25, 0.3) is 5.91 Å². The van der Waals surface area contributed by atoms with Gasteiger partial charge in [0.05, 0.1) is 17.4 Å². The van der Waals surface area contributed by atoms with E-state index in [1.807, 2.05) is 6.92 Å². The highest BCUT2D eigenvalue weighted by Gasteiger charge is 2.78. The fraction of sp³-hybridized carbons (Fsp3) is 0.552. The molecule has 9 heteroatoms. The van der Waals surface area contributed by atoms with Crippen molar-refractivity contribution in [2.75, 3.05) is 38.2 Å². The van der Waals surface area contributed by atoms with Gasteiger partial charge in [-0.1, -0.05) is 23.8 Å². The lowest BCUT2D eigenvalue weighted by Crippen LogP contribution is -2.56. The van der Waals surface area contributed by atoms with Gasteiger partial charge in [0.2, 0.25) is 11.8 Å². The minimum atomic E-state index is -1.10. The molecule has 1 aromatic carbocycles. The summed E-state index contributed by atoms with van der Waals surface area (Å²) in [5.41, 5.74) is -1.29. The zero-order valence-corrected chi connectivity index (χ0v) is 23.0. The van der Waals surface area contributed by atoms with Crippen LogP contribution in [0.4, 0.5) is 5.69 Å². The maximum Gasteiger partial charge on any atom is 0.253 e. The first-order valence-corrected chi connectivity index (χ1v) is 13.7. The van der Waals surface area contributed by atoms with Crippen molar-refractivity contribution in [3.8, 4) is 0 Å². The Morgan fingerprint density at radius 2 is 1.82 bits per heavy atom. The number of likely N-dealkylation sites (N-methyl/N-ethyl adjacent to an activating group) is 1. The Morgan fingerprint density at radius 3 is 2.45 bits per heavy atom. The van der Waals surface area contributed by atoms with Crippen molar-refractivity contribution in [3.05, 3.63) is 54.6 Å². The van der Waals surface area contributed by atoms with Crippen LogP contribution in [-0.2, 0) is 19.1 Å². The average Bonchev–Trinajstić information content (AvgIpc) is 3.46. The van der Waals surface area contributed by atoms with Gasteiger partial charge < -0.3 is 24.5 Å². The summed E-state index contributed by atoms with van der Waals surface area (Å²) < 4.78 is 6.71. The summed E-state index contributed by atoms with van der Waals surface area (Å²) in [6.07, 6.45) is 6.36. The number of likely N-dealkylation sites (tertiary alicyclic amines) is 1. The van der Waals surface area contributed by atoms with E-state index in [9.17, 15) is 19.5 Å². The van der Waals surface area contributed by atoms with Crippen LogP contribution in [0.2, 0.25) is 5.02 Å². The topological polar surface area (TPSA) is 90.4 Å². The number of hydrogen-bond acceptors (Lipinski definition) is 5. The second-order valence-corrected chi connectivity index (χ2v) is 11.2. The minimum Gasteiger partial charge on any atom is -0.396 e. The van der Waals surface area contributed by atoms with Gasteiger partial charge in [0, 0.05) is 44.0 Å². The summed E-state index contributed by atoms with van der Waals surface area (Å²) in [6.45, 7) is 10.5.